The molecule has 0 aliphatic carbocycles. The van der Waals surface area contributed by atoms with E-state index in [9.17, 15) is 9.59 Å². The number of carbonyl (C=O) groups is 2. The molecule has 116 valence electrons. The van der Waals surface area contributed by atoms with Crippen LogP contribution in [0.2, 0.25) is 0 Å². The number of nitrogens with one attached hydrogen (secondary N) is 2. The van der Waals surface area contributed by atoms with Gasteiger partial charge >= 0.3 is 0 Å². The second kappa shape index (κ2) is 9.73. The number of nitrogens with two attached hydrogens (primary N) is 1. The first-order chi connectivity index (χ1) is 10.1. The first kappa shape index (κ1) is 16.9. The van der Waals surface area contributed by atoms with Crippen LogP contribution in [-0.2, 0) is 9.53 Å². The van der Waals surface area contributed by atoms with E-state index in [-0.39, 0.29) is 12.5 Å². The third-order valence-corrected chi connectivity index (χ3v) is 2.62. The minimum absolute atomic E-state index is 0.0754. The highest BCUT2D eigenvalue weighted by molar-refractivity contribution is 5.92. The van der Waals surface area contributed by atoms with Gasteiger partial charge in [0.1, 0.15) is 5.75 Å². The summed E-state index contributed by atoms with van der Waals surface area (Å²) in [5.41, 5.74) is 5.52. The zero-order chi connectivity index (χ0) is 15.5. The highest BCUT2D eigenvalue weighted by Gasteiger charge is 2.03. The van der Waals surface area contributed by atoms with Crippen LogP contribution in [0.4, 0.5) is 0 Å². The lowest BCUT2D eigenvalue weighted by atomic mass is 10.2. The highest BCUT2D eigenvalue weighted by atomic mass is 16.5. The van der Waals surface area contributed by atoms with E-state index in [2.05, 4.69) is 10.6 Å². The summed E-state index contributed by atoms with van der Waals surface area (Å²) >= 11 is 0. The van der Waals surface area contributed by atoms with Crippen LogP contribution in [0.1, 0.15) is 10.4 Å². The molecule has 7 nitrogen and oxygen atoms in total. The Labute approximate surface area is 123 Å². The number of ether oxygens (including phenoxy) is 2. The van der Waals surface area contributed by atoms with E-state index in [4.69, 9.17) is 15.2 Å². The van der Waals surface area contributed by atoms with Gasteiger partial charge in [-0.25, -0.2) is 0 Å². The van der Waals surface area contributed by atoms with Crippen molar-refractivity contribution in [2.45, 2.75) is 0 Å². The maximum atomic E-state index is 11.5. The van der Waals surface area contributed by atoms with Gasteiger partial charge in [-0.2, -0.15) is 0 Å². The largest absolute Gasteiger partial charge is 0.484 e. The molecule has 0 aromatic heterocycles. The predicted molar refractivity (Wildman–Crippen MR) is 78.2 cm³/mol. The Bertz CT molecular complexity index is 448. The SMILES string of the molecule is COCCNCCNC(=O)COc1ccc(C(N)=O)cc1. The Balaban J connectivity index is 2.16. The number of hydrogen-bond donors (Lipinski definition) is 3. The molecule has 0 unspecified atom stereocenters. The molecule has 0 saturated heterocycles. The maximum Gasteiger partial charge on any atom is 0.257 e. The first-order valence-electron chi connectivity index (χ1n) is 6.62. The summed E-state index contributed by atoms with van der Waals surface area (Å²) in [6.07, 6.45) is 0. The monoisotopic (exact) mass is 295 g/mol. The van der Waals surface area contributed by atoms with E-state index in [1.165, 1.54) is 0 Å². The van der Waals surface area contributed by atoms with E-state index >= 15 is 0 Å². The number of carbonyl (C=O) groups excluding carboxylic acids is 2. The van der Waals surface area contributed by atoms with Crippen molar-refractivity contribution >= 4 is 11.8 Å². The summed E-state index contributed by atoms with van der Waals surface area (Å²) in [5.74, 6) is -0.198. The quantitative estimate of drug-likeness (QED) is 0.506. The smallest absolute Gasteiger partial charge is 0.257 e. The second-order valence-corrected chi connectivity index (χ2v) is 4.27. The molecule has 0 radical (unpaired) electrons. The fourth-order valence-electron chi connectivity index (χ4n) is 1.50. The molecule has 1 aromatic rings. The van der Waals surface area contributed by atoms with Crippen LogP contribution in [0.25, 0.3) is 0 Å². The van der Waals surface area contributed by atoms with Crippen molar-refractivity contribution < 1.29 is 19.1 Å². The van der Waals surface area contributed by atoms with Crippen LogP contribution in [-0.4, -0.2) is 51.8 Å². The van der Waals surface area contributed by atoms with E-state index in [1.54, 1.807) is 31.4 Å². The lowest BCUT2D eigenvalue weighted by Gasteiger charge is -2.08. The van der Waals surface area contributed by atoms with Crippen molar-refractivity contribution in [1.29, 1.82) is 0 Å². The number of rotatable bonds is 10. The summed E-state index contributed by atoms with van der Waals surface area (Å²) < 4.78 is 10.2. The average Bonchev–Trinajstić information content (AvgIpc) is 2.49. The number of primary amides is 1. The van der Waals surface area contributed by atoms with E-state index < -0.39 is 5.91 Å². The van der Waals surface area contributed by atoms with E-state index in [1.807, 2.05) is 0 Å². The van der Waals surface area contributed by atoms with Gasteiger partial charge in [0.15, 0.2) is 6.61 Å². The minimum Gasteiger partial charge on any atom is -0.484 e. The number of methoxy groups -OCH3 is 1. The van der Waals surface area contributed by atoms with Gasteiger partial charge < -0.3 is 25.8 Å². The molecule has 7 heteroatoms. The molecule has 0 fully saturated rings. The third kappa shape index (κ3) is 7.28. The van der Waals surface area contributed by atoms with Crippen molar-refractivity contribution in [3.63, 3.8) is 0 Å². The van der Waals surface area contributed by atoms with Crippen LogP contribution < -0.4 is 21.1 Å². The van der Waals surface area contributed by atoms with Gasteiger partial charge in [0.05, 0.1) is 6.61 Å². The molecule has 1 aromatic carbocycles. The lowest BCUT2D eigenvalue weighted by molar-refractivity contribution is -0.123. The standard InChI is InChI=1S/C14H21N3O4/c1-20-9-8-16-6-7-17-13(18)10-21-12-4-2-11(3-5-12)14(15)19/h2-5,16H,6-10H2,1H3,(H2,15,19)(H,17,18). The van der Waals surface area contributed by atoms with E-state index in [0.29, 0.717) is 31.0 Å². The Morgan fingerprint density at radius 2 is 1.86 bits per heavy atom. The second-order valence-electron chi connectivity index (χ2n) is 4.27. The van der Waals surface area contributed by atoms with Gasteiger partial charge in [-0.1, -0.05) is 0 Å². The van der Waals surface area contributed by atoms with Crippen LogP contribution in [0, 0.1) is 0 Å². The molecule has 0 saturated carbocycles. The molecule has 4 N–H and O–H groups in total. The Morgan fingerprint density at radius 3 is 2.48 bits per heavy atom. The van der Waals surface area contributed by atoms with Gasteiger partial charge in [-0.3, -0.25) is 9.59 Å². The van der Waals surface area contributed by atoms with Crippen molar-refractivity contribution in [3.8, 4) is 5.75 Å². The third-order valence-electron chi connectivity index (χ3n) is 2.62. The first-order valence-corrected chi connectivity index (χ1v) is 6.62. The summed E-state index contributed by atoms with van der Waals surface area (Å²) in [6, 6.07) is 6.30. The Morgan fingerprint density at radius 1 is 1.14 bits per heavy atom. The zero-order valence-corrected chi connectivity index (χ0v) is 12.1. The summed E-state index contributed by atoms with van der Waals surface area (Å²) in [7, 11) is 1.64. The molecule has 2 amide bonds. The summed E-state index contributed by atoms with van der Waals surface area (Å²) in [5, 5.41) is 5.83. The number of amides is 2. The van der Waals surface area contributed by atoms with Crippen LogP contribution in [0.5, 0.6) is 5.75 Å². The van der Waals surface area contributed by atoms with Crippen LogP contribution >= 0.6 is 0 Å². The molecule has 21 heavy (non-hydrogen) atoms. The number of benzene rings is 1. The fourth-order valence-corrected chi connectivity index (χ4v) is 1.50. The van der Waals surface area contributed by atoms with Crippen LogP contribution in [0.15, 0.2) is 24.3 Å². The highest BCUT2D eigenvalue weighted by Crippen LogP contribution is 2.11. The van der Waals surface area contributed by atoms with Gasteiger partial charge in [0, 0.05) is 32.3 Å². The van der Waals surface area contributed by atoms with Gasteiger partial charge in [-0.05, 0) is 24.3 Å². The van der Waals surface area contributed by atoms with Crippen molar-refractivity contribution in [3.05, 3.63) is 29.8 Å². The van der Waals surface area contributed by atoms with Crippen LogP contribution in [0.3, 0.4) is 0 Å². The molecule has 0 aliphatic rings. The predicted octanol–water partition coefficient (Wildman–Crippen LogP) is -0.483. The molecule has 0 bridgehead atoms. The molecule has 0 spiro atoms. The normalized spacial score (nSPS) is 10.1. The zero-order valence-electron chi connectivity index (χ0n) is 12.1. The Hall–Kier alpha value is -2.12. The van der Waals surface area contributed by atoms with Crippen molar-refractivity contribution in [2.75, 3.05) is 40.0 Å². The average molecular weight is 295 g/mol. The minimum atomic E-state index is -0.500. The fraction of sp³-hybridized carbons (Fsp3) is 0.429. The summed E-state index contributed by atoms with van der Waals surface area (Å²) in [4.78, 5) is 22.4. The molecular formula is C14H21N3O4. The number of hydrogen-bond acceptors (Lipinski definition) is 5. The van der Waals surface area contributed by atoms with Crippen molar-refractivity contribution in [1.82, 2.24) is 10.6 Å². The molecular weight excluding hydrogens is 274 g/mol. The molecule has 1 rings (SSSR count). The van der Waals surface area contributed by atoms with Crippen molar-refractivity contribution in [2.24, 2.45) is 5.73 Å². The molecule has 0 heterocycles. The lowest BCUT2D eigenvalue weighted by Crippen LogP contribution is -2.35. The van der Waals surface area contributed by atoms with E-state index in [0.717, 1.165) is 6.54 Å². The molecule has 0 atom stereocenters. The Kier molecular flexibility index (Phi) is 7.85. The maximum absolute atomic E-state index is 11.5. The van der Waals surface area contributed by atoms with Gasteiger partial charge in [0.25, 0.3) is 5.91 Å². The summed E-state index contributed by atoms with van der Waals surface area (Å²) in [6.45, 7) is 2.50. The van der Waals surface area contributed by atoms with Gasteiger partial charge in [0.2, 0.25) is 5.91 Å². The topological polar surface area (TPSA) is 103 Å². The molecule has 0 aliphatic heterocycles. The van der Waals surface area contributed by atoms with Gasteiger partial charge in [-0.15, -0.1) is 0 Å².